The molecule has 2 N–H and O–H groups in total. The molecule has 176 valence electrons. The third kappa shape index (κ3) is 9.19. The van der Waals surface area contributed by atoms with Crippen LogP contribution in [0.25, 0.3) is 0 Å². The van der Waals surface area contributed by atoms with E-state index >= 15 is 0 Å². The lowest BCUT2D eigenvalue weighted by Crippen LogP contribution is -2.41. The number of guanidine groups is 1. The molecular weight excluding hydrogens is 527 g/mol. The lowest BCUT2D eigenvalue weighted by Gasteiger charge is -2.26. The molecule has 2 aliphatic rings. The molecule has 0 bridgehead atoms. The minimum Gasteiger partial charge on any atom is -0.379 e. The first kappa shape index (κ1) is 26.3. The molecule has 1 fully saturated rings. The van der Waals surface area contributed by atoms with Crippen molar-refractivity contribution in [2.75, 3.05) is 66.6 Å². The first-order valence-corrected chi connectivity index (χ1v) is 11.9. The van der Waals surface area contributed by atoms with Gasteiger partial charge in [-0.25, -0.2) is 9.98 Å². The number of halogens is 1. The second-order valence-corrected chi connectivity index (χ2v) is 9.22. The number of carbonyl (C=O) groups is 1. The van der Waals surface area contributed by atoms with Crippen molar-refractivity contribution < 1.29 is 9.53 Å². The average Bonchev–Trinajstić information content (AvgIpc) is 3.17. The summed E-state index contributed by atoms with van der Waals surface area (Å²) in [5.74, 6) is 0.700. The van der Waals surface area contributed by atoms with Gasteiger partial charge in [0.25, 0.3) is 0 Å². The molecule has 1 aromatic heterocycles. The average molecular weight is 565 g/mol. The molecule has 8 nitrogen and oxygen atoms in total. The molecule has 1 amide bonds. The van der Waals surface area contributed by atoms with E-state index < -0.39 is 0 Å². The van der Waals surface area contributed by atoms with Gasteiger partial charge in [-0.2, -0.15) is 0 Å². The lowest BCUT2D eigenvalue weighted by molar-refractivity contribution is -0.127. The zero-order valence-electron chi connectivity index (χ0n) is 18.8. The third-order valence-electron chi connectivity index (χ3n) is 5.44. The van der Waals surface area contributed by atoms with Crippen LogP contribution in [-0.4, -0.2) is 93.2 Å². The van der Waals surface area contributed by atoms with Gasteiger partial charge in [-0.05, 0) is 38.6 Å². The van der Waals surface area contributed by atoms with Crippen LogP contribution in [0, 0.1) is 0 Å². The van der Waals surface area contributed by atoms with Crippen molar-refractivity contribution >= 4 is 47.2 Å². The van der Waals surface area contributed by atoms with E-state index in [1.165, 1.54) is 34.8 Å². The number of fused-ring (bicyclic) bond motifs is 1. The molecule has 0 saturated carbocycles. The second kappa shape index (κ2) is 14.2. The highest BCUT2D eigenvalue weighted by atomic mass is 127. The normalized spacial score (nSPS) is 16.9. The van der Waals surface area contributed by atoms with Gasteiger partial charge in [0.2, 0.25) is 5.91 Å². The summed E-state index contributed by atoms with van der Waals surface area (Å²) in [4.78, 5) is 26.7. The van der Waals surface area contributed by atoms with Crippen LogP contribution < -0.4 is 10.6 Å². The molecule has 0 atom stereocenters. The van der Waals surface area contributed by atoms with Gasteiger partial charge in [-0.1, -0.05) is 0 Å². The van der Waals surface area contributed by atoms with E-state index in [9.17, 15) is 4.79 Å². The molecule has 0 radical (unpaired) electrons. The van der Waals surface area contributed by atoms with E-state index in [-0.39, 0.29) is 36.4 Å². The fourth-order valence-electron chi connectivity index (χ4n) is 3.60. The van der Waals surface area contributed by atoms with Crippen molar-refractivity contribution in [2.24, 2.45) is 4.99 Å². The lowest BCUT2D eigenvalue weighted by atomic mass is 10.0. The molecule has 1 aliphatic carbocycles. The second-order valence-electron chi connectivity index (χ2n) is 8.05. The summed E-state index contributed by atoms with van der Waals surface area (Å²) >= 11 is 1.86. The predicted molar refractivity (Wildman–Crippen MR) is 137 cm³/mol. The highest BCUT2D eigenvalue weighted by molar-refractivity contribution is 14.0. The van der Waals surface area contributed by atoms with E-state index in [0.717, 1.165) is 65.2 Å². The topological polar surface area (TPSA) is 82.1 Å². The third-order valence-corrected chi connectivity index (χ3v) is 6.66. The fraction of sp³-hybridized carbons (Fsp3) is 0.762. The molecule has 1 aliphatic heterocycles. The van der Waals surface area contributed by atoms with Crippen LogP contribution in [0.5, 0.6) is 0 Å². The number of nitrogens with one attached hydrogen (secondary N) is 2. The summed E-state index contributed by atoms with van der Waals surface area (Å²) in [7, 11) is 3.51. The minimum atomic E-state index is -0.00276. The molecular formula is C21H37IN6O2S. The fourth-order valence-corrected chi connectivity index (χ4v) is 4.75. The number of hydrogen-bond acceptors (Lipinski definition) is 6. The molecule has 2 heterocycles. The van der Waals surface area contributed by atoms with Crippen molar-refractivity contribution in [2.45, 2.75) is 38.5 Å². The van der Waals surface area contributed by atoms with Crippen molar-refractivity contribution in [1.82, 2.24) is 25.4 Å². The van der Waals surface area contributed by atoms with Crippen LogP contribution in [-0.2, 0) is 28.8 Å². The van der Waals surface area contributed by atoms with E-state index in [1.54, 1.807) is 19.0 Å². The number of amides is 1. The van der Waals surface area contributed by atoms with E-state index in [0.29, 0.717) is 5.96 Å². The summed E-state index contributed by atoms with van der Waals surface area (Å²) in [5, 5.41) is 7.96. The molecule has 1 aromatic rings. The number of nitrogens with zero attached hydrogens (tertiary/aromatic N) is 4. The van der Waals surface area contributed by atoms with Crippen LogP contribution in [0.4, 0.5) is 0 Å². The summed E-state index contributed by atoms with van der Waals surface area (Å²) in [6, 6.07) is 0. The Balaban J connectivity index is 0.00000341. The number of aryl methyl sites for hydroxylation is 2. The Morgan fingerprint density at radius 3 is 2.68 bits per heavy atom. The maximum absolute atomic E-state index is 11.9. The number of carbonyl (C=O) groups excluding carboxylic acids is 1. The van der Waals surface area contributed by atoms with E-state index in [1.807, 2.05) is 11.3 Å². The number of aromatic nitrogens is 1. The molecule has 3 rings (SSSR count). The molecule has 10 heteroatoms. The molecule has 0 unspecified atom stereocenters. The van der Waals surface area contributed by atoms with Crippen molar-refractivity contribution in [3.8, 4) is 0 Å². The molecule has 31 heavy (non-hydrogen) atoms. The van der Waals surface area contributed by atoms with Gasteiger partial charge >= 0.3 is 0 Å². The summed E-state index contributed by atoms with van der Waals surface area (Å²) in [6.45, 7) is 6.46. The van der Waals surface area contributed by atoms with Crippen LogP contribution in [0.1, 0.15) is 34.8 Å². The first-order valence-electron chi connectivity index (χ1n) is 11.1. The Kier molecular flexibility index (Phi) is 12.1. The van der Waals surface area contributed by atoms with Gasteiger partial charge < -0.3 is 20.3 Å². The van der Waals surface area contributed by atoms with E-state index in [2.05, 4.69) is 20.5 Å². The zero-order valence-corrected chi connectivity index (χ0v) is 22.0. The van der Waals surface area contributed by atoms with Crippen LogP contribution in [0.2, 0.25) is 0 Å². The Hall–Kier alpha value is -0.980. The number of thiazole rings is 1. The van der Waals surface area contributed by atoms with Crippen molar-refractivity contribution in [3.05, 3.63) is 15.6 Å². The maximum atomic E-state index is 11.9. The number of ether oxygens (including phenoxy) is 1. The number of hydrogen-bond donors (Lipinski definition) is 2. The smallest absolute Gasteiger partial charge is 0.243 e. The predicted octanol–water partition coefficient (Wildman–Crippen LogP) is 1.53. The highest BCUT2D eigenvalue weighted by Gasteiger charge is 2.15. The Morgan fingerprint density at radius 1 is 1.19 bits per heavy atom. The van der Waals surface area contributed by atoms with Gasteiger partial charge in [0.15, 0.2) is 5.96 Å². The van der Waals surface area contributed by atoms with Crippen LogP contribution in [0.3, 0.4) is 0 Å². The van der Waals surface area contributed by atoms with Crippen LogP contribution >= 0.6 is 35.3 Å². The number of likely N-dealkylation sites (N-methyl/N-ethyl adjacent to an activating group) is 1. The summed E-state index contributed by atoms with van der Waals surface area (Å²) < 4.78 is 5.40. The molecule has 1 saturated heterocycles. The number of rotatable bonds is 9. The van der Waals surface area contributed by atoms with E-state index in [4.69, 9.17) is 9.72 Å². The number of aliphatic imine (C=N–C) groups is 1. The monoisotopic (exact) mass is 564 g/mol. The summed E-state index contributed by atoms with van der Waals surface area (Å²) in [5.41, 5.74) is 1.31. The quantitative estimate of drug-likeness (QED) is 0.205. The first-order chi connectivity index (χ1) is 14.6. The van der Waals surface area contributed by atoms with Crippen molar-refractivity contribution in [3.63, 3.8) is 0 Å². The minimum absolute atomic E-state index is 0. The van der Waals surface area contributed by atoms with Crippen molar-refractivity contribution in [1.29, 1.82) is 0 Å². The van der Waals surface area contributed by atoms with Gasteiger partial charge in [0, 0.05) is 51.6 Å². The Bertz CT molecular complexity index is 683. The Labute approximate surface area is 207 Å². The molecule has 0 spiro atoms. The zero-order chi connectivity index (χ0) is 21.2. The number of morpholine rings is 1. The largest absolute Gasteiger partial charge is 0.379 e. The highest BCUT2D eigenvalue weighted by Crippen LogP contribution is 2.26. The SMILES string of the molecule is CN(C)C(=O)CN=C(NCCCN1CCOCC1)NCCc1nc2c(s1)CCCC2.I. The standard InChI is InChI=1S/C21H36N6O2S.HI/c1-26(2)20(28)16-24-21(22-9-5-11-27-12-14-29-15-13-27)23-10-8-19-25-17-6-3-4-7-18(17)30-19;/h3-16H2,1-2H3,(H2,22,23,24);1H. The Morgan fingerprint density at radius 2 is 1.94 bits per heavy atom. The maximum Gasteiger partial charge on any atom is 0.243 e. The van der Waals surface area contributed by atoms with Gasteiger partial charge in [0.05, 0.1) is 23.9 Å². The van der Waals surface area contributed by atoms with Gasteiger partial charge in [-0.15, -0.1) is 35.3 Å². The van der Waals surface area contributed by atoms with Gasteiger partial charge in [-0.3, -0.25) is 9.69 Å². The summed E-state index contributed by atoms with van der Waals surface area (Å²) in [6.07, 6.45) is 6.78. The van der Waals surface area contributed by atoms with Crippen LogP contribution in [0.15, 0.2) is 4.99 Å². The molecule has 0 aromatic carbocycles. The van der Waals surface area contributed by atoms with Gasteiger partial charge in [0.1, 0.15) is 6.54 Å².